The molecule has 0 aromatic carbocycles. The van der Waals surface area contributed by atoms with Crippen molar-refractivity contribution in [3.8, 4) is 0 Å². The molecule has 0 aromatic rings. The summed E-state index contributed by atoms with van der Waals surface area (Å²) in [5, 5.41) is 13.9. The maximum absolute atomic E-state index is 11.3. The maximum atomic E-state index is 11.3. The summed E-state index contributed by atoms with van der Waals surface area (Å²) in [6.07, 6.45) is 1.25. The first-order valence-corrected chi connectivity index (χ1v) is 5.94. The summed E-state index contributed by atoms with van der Waals surface area (Å²) in [6.45, 7) is 5.66. The second-order valence-electron chi connectivity index (χ2n) is 3.63. The number of amides is 2. The smallest absolute Gasteiger partial charge is 0.314 e. The molecule has 6 nitrogen and oxygen atoms in total. The van der Waals surface area contributed by atoms with Gasteiger partial charge in [-0.2, -0.15) is 0 Å². The number of hydrogen-bond acceptors (Lipinski definition) is 3. The number of aliphatic carboxylic acids is 1. The lowest BCUT2D eigenvalue weighted by molar-refractivity contribution is -0.141. The van der Waals surface area contributed by atoms with Crippen molar-refractivity contribution in [3.05, 3.63) is 0 Å². The Morgan fingerprint density at radius 3 is 2.53 bits per heavy atom. The first kappa shape index (κ1) is 15.7. The predicted molar refractivity (Wildman–Crippen MR) is 63.9 cm³/mol. The van der Waals surface area contributed by atoms with Crippen molar-refractivity contribution < 1.29 is 19.4 Å². The van der Waals surface area contributed by atoms with E-state index in [4.69, 9.17) is 9.84 Å². The molecule has 2 amide bonds. The Morgan fingerprint density at radius 1 is 1.29 bits per heavy atom. The quantitative estimate of drug-likeness (QED) is 0.526. The van der Waals surface area contributed by atoms with E-state index in [9.17, 15) is 9.59 Å². The van der Waals surface area contributed by atoms with Crippen LogP contribution < -0.4 is 10.6 Å². The van der Waals surface area contributed by atoms with E-state index in [1.165, 1.54) is 0 Å². The van der Waals surface area contributed by atoms with Crippen LogP contribution in [-0.2, 0) is 9.53 Å². The van der Waals surface area contributed by atoms with Crippen LogP contribution >= 0.6 is 0 Å². The highest BCUT2D eigenvalue weighted by Gasteiger charge is 2.15. The van der Waals surface area contributed by atoms with Gasteiger partial charge in [0.1, 0.15) is 0 Å². The van der Waals surface area contributed by atoms with E-state index in [0.29, 0.717) is 26.2 Å². The monoisotopic (exact) mass is 246 g/mol. The standard InChI is InChI=1S/C11H22N2O4/c1-3-9(10(14)15)8-13-11(16)12-6-5-7-17-4-2/h9H,3-8H2,1-2H3,(H,14,15)(H2,12,13,16). The third kappa shape index (κ3) is 8.50. The van der Waals surface area contributed by atoms with Gasteiger partial charge < -0.3 is 20.5 Å². The van der Waals surface area contributed by atoms with E-state index in [2.05, 4.69) is 10.6 Å². The average Bonchev–Trinajstić information content (AvgIpc) is 2.29. The van der Waals surface area contributed by atoms with Crippen LogP contribution in [-0.4, -0.2) is 43.4 Å². The fourth-order valence-electron chi connectivity index (χ4n) is 1.21. The molecule has 0 aliphatic heterocycles. The SMILES string of the molecule is CCOCCCNC(=O)NCC(CC)C(=O)O. The Hall–Kier alpha value is -1.30. The number of rotatable bonds is 9. The average molecular weight is 246 g/mol. The van der Waals surface area contributed by atoms with E-state index in [-0.39, 0.29) is 12.6 Å². The number of carboxylic acids is 1. The summed E-state index contributed by atoms with van der Waals surface area (Å²) < 4.78 is 5.11. The van der Waals surface area contributed by atoms with Gasteiger partial charge in [0.05, 0.1) is 5.92 Å². The molecule has 0 fully saturated rings. The van der Waals surface area contributed by atoms with E-state index in [1.54, 1.807) is 6.92 Å². The summed E-state index contributed by atoms with van der Waals surface area (Å²) in [7, 11) is 0. The minimum absolute atomic E-state index is 0.156. The first-order chi connectivity index (χ1) is 8.11. The molecule has 1 atom stereocenters. The first-order valence-electron chi connectivity index (χ1n) is 5.94. The van der Waals surface area contributed by atoms with Crippen LogP contribution in [0.4, 0.5) is 4.79 Å². The van der Waals surface area contributed by atoms with Crippen molar-refractivity contribution in [2.45, 2.75) is 26.7 Å². The number of hydrogen-bond donors (Lipinski definition) is 3. The number of ether oxygens (including phenoxy) is 1. The molecule has 1 unspecified atom stereocenters. The zero-order valence-electron chi connectivity index (χ0n) is 10.5. The van der Waals surface area contributed by atoms with Crippen LogP contribution in [0, 0.1) is 5.92 Å². The van der Waals surface area contributed by atoms with Gasteiger partial charge in [0.25, 0.3) is 0 Å². The summed E-state index contributed by atoms with van der Waals surface area (Å²) >= 11 is 0. The Morgan fingerprint density at radius 2 is 2.00 bits per heavy atom. The molecule has 3 N–H and O–H groups in total. The van der Waals surface area contributed by atoms with Crippen molar-refractivity contribution >= 4 is 12.0 Å². The highest BCUT2D eigenvalue weighted by Crippen LogP contribution is 1.99. The van der Waals surface area contributed by atoms with Gasteiger partial charge in [0.15, 0.2) is 0 Å². The van der Waals surface area contributed by atoms with Gasteiger partial charge in [-0.25, -0.2) is 4.79 Å². The number of carboxylic acid groups (broad SMARTS) is 1. The van der Waals surface area contributed by atoms with Crippen LogP contribution in [0.5, 0.6) is 0 Å². The second-order valence-corrected chi connectivity index (χ2v) is 3.63. The van der Waals surface area contributed by atoms with Crippen molar-refractivity contribution in [1.29, 1.82) is 0 Å². The summed E-state index contributed by atoms with van der Waals surface area (Å²) in [4.78, 5) is 21.9. The van der Waals surface area contributed by atoms with Gasteiger partial charge in [-0.1, -0.05) is 6.92 Å². The van der Waals surface area contributed by atoms with Gasteiger partial charge in [0.2, 0.25) is 0 Å². The summed E-state index contributed by atoms with van der Waals surface area (Å²) in [5.74, 6) is -1.41. The molecule has 0 aliphatic carbocycles. The van der Waals surface area contributed by atoms with Gasteiger partial charge in [0, 0.05) is 26.3 Å². The molecule has 0 rings (SSSR count). The van der Waals surface area contributed by atoms with Gasteiger partial charge in [-0.05, 0) is 19.8 Å². The third-order valence-electron chi connectivity index (χ3n) is 2.31. The highest BCUT2D eigenvalue weighted by atomic mass is 16.5. The summed E-state index contributed by atoms with van der Waals surface area (Å²) in [6, 6.07) is -0.332. The molecule has 0 spiro atoms. The fourth-order valence-corrected chi connectivity index (χ4v) is 1.21. The van der Waals surface area contributed by atoms with Crippen molar-refractivity contribution in [3.63, 3.8) is 0 Å². The molecular formula is C11H22N2O4. The highest BCUT2D eigenvalue weighted by molar-refractivity contribution is 5.75. The largest absolute Gasteiger partial charge is 0.481 e. The Balaban J connectivity index is 3.55. The number of nitrogens with one attached hydrogen (secondary N) is 2. The van der Waals surface area contributed by atoms with E-state index in [1.807, 2.05) is 6.92 Å². The van der Waals surface area contributed by atoms with Crippen molar-refractivity contribution in [2.24, 2.45) is 5.92 Å². The molecule has 0 saturated heterocycles. The predicted octanol–water partition coefficient (Wildman–Crippen LogP) is 0.823. The van der Waals surface area contributed by atoms with Crippen LogP contribution in [0.3, 0.4) is 0 Å². The molecule has 100 valence electrons. The Bertz CT molecular complexity index is 234. The van der Waals surface area contributed by atoms with Crippen LogP contribution in [0.25, 0.3) is 0 Å². The lowest BCUT2D eigenvalue weighted by atomic mass is 10.1. The normalized spacial score (nSPS) is 11.9. The van der Waals surface area contributed by atoms with Gasteiger partial charge >= 0.3 is 12.0 Å². The molecule has 0 bridgehead atoms. The molecular weight excluding hydrogens is 224 g/mol. The minimum Gasteiger partial charge on any atom is -0.481 e. The van der Waals surface area contributed by atoms with Crippen LogP contribution in [0.2, 0.25) is 0 Å². The van der Waals surface area contributed by atoms with E-state index < -0.39 is 11.9 Å². The third-order valence-corrected chi connectivity index (χ3v) is 2.31. The molecule has 0 heterocycles. The van der Waals surface area contributed by atoms with E-state index in [0.717, 1.165) is 6.42 Å². The molecule has 0 radical (unpaired) electrons. The summed E-state index contributed by atoms with van der Waals surface area (Å²) in [5.41, 5.74) is 0. The Labute approximate surface area is 102 Å². The molecule has 0 aliphatic rings. The van der Waals surface area contributed by atoms with Crippen LogP contribution in [0.1, 0.15) is 26.7 Å². The lowest BCUT2D eigenvalue weighted by Crippen LogP contribution is -2.40. The van der Waals surface area contributed by atoms with Crippen molar-refractivity contribution in [1.82, 2.24) is 10.6 Å². The lowest BCUT2D eigenvalue weighted by Gasteiger charge is -2.11. The topological polar surface area (TPSA) is 87.7 Å². The second kappa shape index (κ2) is 9.89. The van der Waals surface area contributed by atoms with Crippen LogP contribution in [0.15, 0.2) is 0 Å². The zero-order chi connectivity index (χ0) is 13.1. The maximum Gasteiger partial charge on any atom is 0.314 e. The number of carbonyl (C=O) groups is 2. The van der Waals surface area contributed by atoms with Crippen molar-refractivity contribution in [2.75, 3.05) is 26.3 Å². The molecule has 6 heteroatoms. The van der Waals surface area contributed by atoms with Gasteiger partial charge in [-0.3, -0.25) is 4.79 Å². The molecule has 17 heavy (non-hydrogen) atoms. The fraction of sp³-hybridized carbons (Fsp3) is 0.818. The van der Waals surface area contributed by atoms with Gasteiger partial charge in [-0.15, -0.1) is 0 Å². The number of urea groups is 1. The zero-order valence-corrected chi connectivity index (χ0v) is 10.5. The number of carbonyl (C=O) groups excluding carboxylic acids is 1. The molecule has 0 saturated carbocycles. The van der Waals surface area contributed by atoms with E-state index >= 15 is 0 Å². The minimum atomic E-state index is -0.885. The molecule has 0 aromatic heterocycles. The Kier molecular flexibility index (Phi) is 9.14.